The molecule has 0 aliphatic carbocycles. The van der Waals surface area contributed by atoms with Crippen LogP contribution < -0.4 is 0 Å². The number of carbonyl (C=O) groups excluding carboxylic acids is 1. The van der Waals surface area contributed by atoms with E-state index < -0.39 is 10.0 Å². The first-order valence-electron chi connectivity index (χ1n) is 8.26. The van der Waals surface area contributed by atoms with E-state index in [0.717, 1.165) is 25.7 Å². The van der Waals surface area contributed by atoms with Gasteiger partial charge in [-0.3, -0.25) is 4.79 Å². The third-order valence-corrected chi connectivity index (χ3v) is 6.63. The fourth-order valence-electron chi connectivity index (χ4n) is 3.38. The average molecular weight is 349 g/mol. The van der Waals surface area contributed by atoms with E-state index in [0.29, 0.717) is 37.1 Å². The smallest absolute Gasteiger partial charge is 0.276 e. The van der Waals surface area contributed by atoms with Crippen molar-refractivity contribution in [2.75, 3.05) is 26.2 Å². The van der Waals surface area contributed by atoms with Crippen LogP contribution in [0.2, 0.25) is 0 Å². The van der Waals surface area contributed by atoms with Crippen molar-refractivity contribution in [3.63, 3.8) is 0 Å². The van der Waals surface area contributed by atoms with Crippen LogP contribution in [0.3, 0.4) is 0 Å². The molecule has 2 saturated heterocycles. The van der Waals surface area contributed by atoms with Crippen LogP contribution in [0.4, 0.5) is 0 Å². The van der Waals surface area contributed by atoms with Crippen molar-refractivity contribution < 1.29 is 17.7 Å². The molecule has 0 unspecified atom stereocenters. The minimum atomic E-state index is -3.53. The van der Waals surface area contributed by atoms with Crippen LogP contribution in [0.25, 0.3) is 11.0 Å². The number of rotatable bonds is 3. The van der Waals surface area contributed by atoms with Gasteiger partial charge in [0.1, 0.15) is 0 Å². The van der Waals surface area contributed by atoms with Gasteiger partial charge in [0.05, 0.1) is 10.3 Å². The predicted molar refractivity (Wildman–Crippen MR) is 87.1 cm³/mol. The number of carbonyl (C=O) groups is 1. The standard InChI is InChI=1S/C16H19N3O4S/c20-16(18-7-1-2-8-18)15-13-11-12(5-6-14(13)23-17-15)24(21,22)19-9-3-4-10-19/h5-6,11H,1-4,7-10H2. The second kappa shape index (κ2) is 5.86. The van der Waals surface area contributed by atoms with E-state index in [-0.39, 0.29) is 16.5 Å². The van der Waals surface area contributed by atoms with E-state index in [9.17, 15) is 13.2 Å². The molecule has 1 amide bonds. The summed E-state index contributed by atoms with van der Waals surface area (Å²) in [7, 11) is -3.53. The van der Waals surface area contributed by atoms with Crippen LogP contribution in [-0.4, -0.2) is 54.9 Å². The molecule has 2 aromatic rings. The molecule has 24 heavy (non-hydrogen) atoms. The van der Waals surface area contributed by atoms with E-state index in [4.69, 9.17) is 4.52 Å². The fourth-order valence-corrected chi connectivity index (χ4v) is 4.92. The number of nitrogens with zero attached hydrogens (tertiary/aromatic N) is 3. The van der Waals surface area contributed by atoms with Crippen LogP contribution in [0.1, 0.15) is 36.2 Å². The molecule has 1 aromatic carbocycles. The van der Waals surface area contributed by atoms with Gasteiger partial charge in [-0.25, -0.2) is 8.42 Å². The number of amides is 1. The second-order valence-corrected chi connectivity index (χ2v) is 8.24. The second-order valence-electron chi connectivity index (χ2n) is 6.30. The first kappa shape index (κ1) is 15.6. The Balaban J connectivity index is 1.74. The van der Waals surface area contributed by atoms with Gasteiger partial charge in [-0.1, -0.05) is 5.16 Å². The number of likely N-dealkylation sites (tertiary alicyclic amines) is 1. The van der Waals surface area contributed by atoms with Gasteiger partial charge in [-0.2, -0.15) is 4.31 Å². The number of benzene rings is 1. The number of hydrogen-bond donors (Lipinski definition) is 0. The summed E-state index contributed by atoms with van der Waals surface area (Å²) in [5, 5.41) is 4.35. The average Bonchev–Trinajstić information content (AvgIpc) is 3.34. The van der Waals surface area contributed by atoms with Crippen LogP contribution in [0, 0.1) is 0 Å². The molecule has 0 atom stereocenters. The summed E-state index contributed by atoms with van der Waals surface area (Å²) in [6.45, 7) is 2.51. The molecule has 2 fully saturated rings. The van der Waals surface area contributed by atoms with Crippen molar-refractivity contribution in [3.8, 4) is 0 Å². The van der Waals surface area contributed by atoms with E-state index in [1.54, 1.807) is 11.0 Å². The van der Waals surface area contributed by atoms with Crippen molar-refractivity contribution in [2.45, 2.75) is 30.6 Å². The highest BCUT2D eigenvalue weighted by atomic mass is 32.2. The third kappa shape index (κ3) is 2.50. The van der Waals surface area contributed by atoms with E-state index in [1.165, 1.54) is 16.4 Å². The Kier molecular flexibility index (Phi) is 3.80. The molecule has 1 aromatic heterocycles. The van der Waals surface area contributed by atoms with Crippen LogP contribution in [0.15, 0.2) is 27.6 Å². The van der Waals surface area contributed by atoms with Gasteiger partial charge in [-0.05, 0) is 43.9 Å². The zero-order valence-electron chi connectivity index (χ0n) is 13.3. The molecule has 0 N–H and O–H groups in total. The minimum absolute atomic E-state index is 0.190. The molecule has 8 heteroatoms. The summed E-state index contributed by atoms with van der Waals surface area (Å²) in [4.78, 5) is 14.5. The van der Waals surface area contributed by atoms with Gasteiger partial charge in [-0.15, -0.1) is 0 Å². The van der Waals surface area contributed by atoms with Crippen LogP contribution in [-0.2, 0) is 10.0 Å². The van der Waals surface area contributed by atoms with Gasteiger partial charge in [0.2, 0.25) is 10.0 Å². The van der Waals surface area contributed by atoms with Crippen molar-refractivity contribution in [1.29, 1.82) is 0 Å². The lowest BCUT2D eigenvalue weighted by Gasteiger charge is -2.15. The Labute approximate surface area is 140 Å². The summed E-state index contributed by atoms with van der Waals surface area (Å²) in [6, 6.07) is 4.61. The first-order chi connectivity index (χ1) is 11.6. The molecule has 0 spiro atoms. The van der Waals surface area contributed by atoms with Crippen molar-refractivity contribution in [2.24, 2.45) is 0 Å². The molecule has 0 radical (unpaired) electrons. The molecule has 0 bridgehead atoms. The molecule has 2 aliphatic rings. The Bertz CT molecular complexity index is 878. The highest BCUT2D eigenvalue weighted by Gasteiger charge is 2.29. The largest absolute Gasteiger partial charge is 0.355 e. The van der Waals surface area contributed by atoms with E-state index in [2.05, 4.69) is 5.16 Å². The molecule has 128 valence electrons. The number of hydrogen-bond acceptors (Lipinski definition) is 5. The molecule has 0 saturated carbocycles. The molecule has 4 rings (SSSR count). The van der Waals surface area contributed by atoms with Crippen molar-refractivity contribution >= 4 is 26.9 Å². The fraction of sp³-hybridized carbons (Fsp3) is 0.500. The lowest BCUT2D eigenvalue weighted by molar-refractivity contribution is 0.0784. The monoisotopic (exact) mass is 349 g/mol. The first-order valence-corrected chi connectivity index (χ1v) is 9.70. The highest BCUT2D eigenvalue weighted by molar-refractivity contribution is 7.89. The molecule has 7 nitrogen and oxygen atoms in total. The molecule has 2 aliphatic heterocycles. The summed E-state index contributed by atoms with van der Waals surface area (Å²) in [5.74, 6) is -0.193. The lowest BCUT2D eigenvalue weighted by atomic mass is 10.2. The Morgan fingerprint density at radius 3 is 2.42 bits per heavy atom. The van der Waals surface area contributed by atoms with E-state index in [1.807, 2.05) is 0 Å². The maximum absolute atomic E-state index is 12.7. The lowest BCUT2D eigenvalue weighted by Crippen LogP contribution is -2.28. The van der Waals surface area contributed by atoms with Gasteiger partial charge < -0.3 is 9.42 Å². The number of fused-ring (bicyclic) bond motifs is 1. The van der Waals surface area contributed by atoms with Gasteiger partial charge in [0.25, 0.3) is 5.91 Å². The minimum Gasteiger partial charge on any atom is -0.355 e. The van der Waals surface area contributed by atoms with Gasteiger partial charge >= 0.3 is 0 Å². The SMILES string of the molecule is O=C(c1noc2ccc(S(=O)(=O)N3CCCC3)cc12)N1CCCC1. The van der Waals surface area contributed by atoms with Crippen molar-refractivity contribution in [3.05, 3.63) is 23.9 Å². The van der Waals surface area contributed by atoms with Crippen LogP contribution >= 0.6 is 0 Å². The predicted octanol–water partition coefficient (Wildman–Crippen LogP) is 1.85. The van der Waals surface area contributed by atoms with Crippen molar-refractivity contribution in [1.82, 2.24) is 14.4 Å². The molecular weight excluding hydrogens is 330 g/mol. The Morgan fingerprint density at radius 1 is 1.04 bits per heavy atom. The summed E-state index contributed by atoms with van der Waals surface area (Å²) in [5.41, 5.74) is 0.628. The van der Waals surface area contributed by atoms with Crippen LogP contribution in [0.5, 0.6) is 0 Å². The summed E-state index contributed by atoms with van der Waals surface area (Å²) < 4.78 is 32.1. The van der Waals surface area contributed by atoms with Gasteiger partial charge in [0, 0.05) is 26.2 Å². The maximum Gasteiger partial charge on any atom is 0.276 e. The number of aromatic nitrogens is 1. The molecular formula is C16H19N3O4S. The highest BCUT2D eigenvalue weighted by Crippen LogP contribution is 2.27. The zero-order chi connectivity index (χ0) is 16.7. The zero-order valence-corrected chi connectivity index (χ0v) is 14.1. The topological polar surface area (TPSA) is 83.7 Å². The Hall–Kier alpha value is -1.93. The number of sulfonamides is 1. The third-order valence-electron chi connectivity index (χ3n) is 4.74. The molecule has 3 heterocycles. The maximum atomic E-state index is 12.7. The van der Waals surface area contributed by atoms with Gasteiger partial charge in [0.15, 0.2) is 11.3 Å². The summed E-state index contributed by atoms with van der Waals surface area (Å²) in [6.07, 6.45) is 3.73. The summed E-state index contributed by atoms with van der Waals surface area (Å²) >= 11 is 0. The quantitative estimate of drug-likeness (QED) is 0.844. The van der Waals surface area contributed by atoms with E-state index >= 15 is 0 Å². The Morgan fingerprint density at radius 2 is 1.71 bits per heavy atom. The normalized spacial score (nSPS) is 19.4.